The van der Waals surface area contributed by atoms with Gasteiger partial charge in [0.2, 0.25) is 12.7 Å². The largest absolute Gasteiger partial charge is 0.454 e. The lowest BCUT2D eigenvalue weighted by Crippen LogP contribution is -2.27. The molecule has 0 saturated heterocycles. The highest BCUT2D eigenvalue weighted by Gasteiger charge is 2.51. The van der Waals surface area contributed by atoms with Gasteiger partial charge in [0.05, 0.1) is 5.41 Å². The summed E-state index contributed by atoms with van der Waals surface area (Å²) in [4.78, 5) is 28.7. The number of ether oxygens (including phenoxy) is 2. The van der Waals surface area contributed by atoms with Crippen LogP contribution >= 0.6 is 0 Å². The Morgan fingerprint density at radius 3 is 2.61 bits per heavy atom. The third kappa shape index (κ3) is 3.38. The van der Waals surface area contributed by atoms with E-state index in [4.69, 9.17) is 15.2 Å². The van der Waals surface area contributed by atoms with E-state index in [-0.39, 0.29) is 18.4 Å². The zero-order valence-corrected chi connectivity index (χ0v) is 17.0. The van der Waals surface area contributed by atoms with Gasteiger partial charge in [-0.3, -0.25) is 14.6 Å². The first-order valence-corrected chi connectivity index (χ1v) is 10.0. The van der Waals surface area contributed by atoms with E-state index in [0.717, 1.165) is 35.1 Å². The molecule has 0 unspecified atom stereocenters. The van der Waals surface area contributed by atoms with Crippen molar-refractivity contribution in [3.8, 4) is 22.6 Å². The van der Waals surface area contributed by atoms with Gasteiger partial charge in [-0.1, -0.05) is 12.1 Å². The second-order valence-electron chi connectivity index (χ2n) is 7.93. The molecular weight excluding hydrogens is 394 g/mol. The van der Waals surface area contributed by atoms with Crippen molar-refractivity contribution in [3.63, 3.8) is 0 Å². The number of nitrogens with one attached hydrogen (secondary N) is 1. The van der Waals surface area contributed by atoms with Crippen LogP contribution in [0.15, 0.2) is 54.7 Å². The summed E-state index contributed by atoms with van der Waals surface area (Å²) in [7, 11) is 0. The first-order valence-electron chi connectivity index (χ1n) is 10.0. The summed E-state index contributed by atoms with van der Waals surface area (Å²) in [6.45, 7) is 2.18. The molecule has 3 aromatic rings. The van der Waals surface area contributed by atoms with Crippen molar-refractivity contribution in [2.75, 3.05) is 12.1 Å². The summed E-state index contributed by atoms with van der Waals surface area (Å²) >= 11 is 0. The summed E-state index contributed by atoms with van der Waals surface area (Å²) in [5.74, 6) is 0.755. The number of anilines is 1. The maximum Gasteiger partial charge on any atom is 0.267 e. The molecule has 3 N–H and O–H groups in total. The molecule has 1 aliphatic heterocycles. The first-order chi connectivity index (χ1) is 15.0. The highest BCUT2D eigenvalue weighted by atomic mass is 16.7. The van der Waals surface area contributed by atoms with Gasteiger partial charge in [0, 0.05) is 11.9 Å². The van der Waals surface area contributed by atoms with Gasteiger partial charge in [0.25, 0.3) is 5.91 Å². The van der Waals surface area contributed by atoms with E-state index in [1.807, 2.05) is 49.4 Å². The van der Waals surface area contributed by atoms with Crippen molar-refractivity contribution in [1.29, 1.82) is 0 Å². The zero-order chi connectivity index (χ0) is 21.6. The van der Waals surface area contributed by atoms with Crippen molar-refractivity contribution in [2.24, 2.45) is 5.73 Å². The maximum absolute atomic E-state index is 13.2. The van der Waals surface area contributed by atoms with Crippen LogP contribution in [0.1, 0.15) is 34.5 Å². The van der Waals surface area contributed by atoms with E-state index in [1.165, 1.54) is 0 Å². The molecule has 1 fully saturated rings. The summed E-state index contributed by atoms with van der Waals surface area (Å²) < 4.78 is 10.8. The lowest BCUT2D eigenvalue weighted by molar-refractivity contribution is -0.118. The van der Waals surface area contributed by atoms with Crippen LogP contribution in [0.25, 0.3) is 11.1 Å². The molecule has 0 spiro atoms. The minimum Gasteiger partial charge on any atom is -0.454 e. The van der Waals surface area contributed by atoms with Crippen LogP contribution in [-0.2, 0) is 10.2 Å². The number of benzene rings is 2. The van der Waals surface area contributed by atoms with Crippen LogP contribution in [0.5, 0.6) is 11.5 Å². The Kier molecular flexibility index (Phi) is 4.39. The Morgan fingerprint density at radius 2 is 1.84 bits per heavy atom. The molecule has 156 valence electrons. The SMILES string of the molecule is Cc1ccc(NC(=O)C2(c3ccc4c(c3)OCO4)CC2)cc1-c1ccnc(C(N)=O)c1. The lowest BCUT2D eigenvalue weighted by Gasteiger charge is -2.17. The molecule has 1 saturated carbocycles. The highest BCUT2D eigenvalue weighted by molar-refractivity contribution is 6.02. The first kappa shape index (κ1) is 19.1. The second kappa shape index (κ2) is 7.12. The van der Waals surface area contributed by atoms with Crippen LogP contribution in [0, 0.1) is 6.92 Å². The smallest absolute Gasteiger partial charge is 0.267 e. The van der Waals surface area contributed by atoms with Gasteiger partial charge in [-0.25, -0.2) is 0 Å². The van der Waals surface area contributed by atoms with E-state index >= 15 is 0 Å². The van der Waals surface area contributed by atoms with Crippen molar-refractivity contribution < 1.29 is 19.1 Å². The third-order valence-corrected chi connectivity index (χ3v) is 5.93. The lowest BCUT2D eigenvalue weighted by atomic mass is 9.94. The Bertz CT molecular complexity index is 1220. The summed E-state index contributed by atoms with van der Waals surface area (Å²) in [5, 5.41) is 3.07. The Labute approximate surface area is 179 Å². The summed E-state index contributed by atoms with van der Waals surface area (Å²) in [6, 6.07) is 14.9. The van der Waals surface area contributed by atoms with E-state index < -0.39 is 11.3 Å². The number of rotatable bonds is 5. The number of amides is 2. The molecule has 2 heterocycles. The van der Waals surface area contributed by atoms with Crippen molar-refractivity contribution >= 4 is 17.5 Å². The van der Waals surface area contributed by atoms with E-state index in [1.54, 1.807) is 12.3 Å². The van der Waals surface area contributed by atoms with Crippen molar-refractivity contribution in [3.05, 3.63) is 71.5 Å². The fourth-order valence-corrected chi connectivity index (χ4v) is 3.96. The van der Waals surface area contributed by atoms with Crippen molar-refractivity contribution in [1.82, 2.24) is 4.98 Å². The second-order valence-corrected chi connectivity index (χ2v) is 7.93. The number of aromatic nitrogens is 1. The molecule has 1 aromatic heterocycles. The number of carbonyl (C=O) groups excluding carboxylic acids is 2. The molecule has 7 heteroatoms. The monoisotopic (exact) mass is 415 g/mol. The fraction of sp³-hybridized carbons (Fsp3) is 0.208. The molecule has 31 heavy (non-hydrogen) atoms. The molecule has 0 atom stereocenters. The van der Waals surface area contributed by atoms with Crippen LogP contribution in [0.3, 0.4) is 0 Å². The van der Waals surface area contributed by atoms with Crippen LogP contribution in [-0.4, -0.2) is 23.6 Å². The van der Waals surface area contributed by atoms with Crippen molar-refractivity contribution in [2.45, 2.75) is 25.2 Å². The van der Waals surface area contributed by atoms with Crippen LogP contribution < -0.4 is 20.5 Å². The van der Waals surface area contributed by atoms with Crippen LogP contribution in [0.2, 0.25) is 0 Å². The van der Waals surface area contributed by atoms with Gasteiger partial charge in [0.1, 0.15) is 5.69 Å². The van der Waals surface area contributed by atoms with Gasteiger partial charge in [-0.15, -0.1) is 0 Å². The number of hydrogen-bond acceptors (Lipinski definition) is 5. The molecule has 2 amide bonds. The molecular formula is C24H21N3O4. The third-order valence-electron chi connectivity index (χ3n) is 5.93. The average Bonchev–Trinajstić information content (AvgIpc) is 3.46. The zero-order valence-electron chi connectivity index (χ0n) is 17.0. The van der Waals surface area contributed by atoms with Gasteiger partial charge < -0.3 is 20.5 Å². The summed E-state index contributed by atoms with van der Waals surface area (Å²) in [5.41, 5.74) is 9.36. The van der Waals surface area contributed by atoms with E-state index in [9.17, 15) is 9.59 Å². The van der Waals surface area contributed by atoms with Gasteiger partial charge in [-0.2, -0.15) is 0 Å². The summed E-state index contributed by atoms with van der Waals surface area (Å²) in [6.07, 6.45) is 3.12. The minimum absolute atomic E-state index is 0.0475. The molecule has 5 rings (SSSR count). The molecule has 0 bridgehead atoms. The quantitative estimate of drug-likeness (QED) is 0.663. The number of hydrogen-bond donors (Lipinski definition) is 2. The van der Waals surface area contributed by atoms with E-state index in [2.05, 4.69) is 10.3 Å². The standard InChI is InChI=1S/C24H21N3O4/c1-14-2-4-17(12-18(14)15-6-9-26-19(10-15)22(25)28)27-23(29)24(7-8-24)16-3-5-20-21(11-16)31-13-30-20/h2-6,9-12H,7-8,13H2,1H3,(H2,25,28)(H,27,29). The topological polar surface area (TPSA) is 104 Å². The maximum atomic E-state index is 13.2. The molecule has 2 aliphatic rings. The molecule has 7 nitrogen and oxygen atoms in total. The normalized spacial score (nSPS) is 15.4. The number of primary amides is 1. The average molecular weight is 415 g/mol. The Balaban J connectivity index is 1.42. The molecule has 2 aromatic carbocycles. The fourth-order valence-electron chi connectivity index (χ4n) is 3.96. The predicted octanol–water partition coefficient (Wildman–Crippen LogP) is 3.55. The number of pyridine rings is 1. The van der Waals surface area contributed by atoms with Crippen LogP contribution in [0.4, 0.5) is 5.69 Å². The Hall–Kier alpha value is -3.87. The van der Waals surface area contributed by atoms with Gasteiger partial charge in [0.15, 0.2) is 11.5 Å². The van der Waals surface area contributed by atoms with Gasteiger partial charge >= 0.3 is 0 Å². The predicted molar refractivity (Wildman–Crippen MR) is 115 cm³/mol. The molecule has 0 radical (unpaired) electrons. The number of aryl methyl sites for hydroxylation is 1. The minimum atomic E-state index is -0.580. The van der Waals surface area contributed by atoms with Gasteiger partial charge in [-0.05, 0) is 78.4 Å². The molecule has 1 aliphatic carbocycles. The number of fused-ring (bicyclic) bond motifs is 1. The number of nitrogens with two attached hydrogens (primary N) is 1. The highest BCUT2D eigenvalue weighted by Crippen LogP contribution is 2.51. The number of nitrogens with zero attached hydrogens (tertiary/aromatic N) is 1. The number of carbonyl (C=O) groups is 2. The van der Waals surface area contributed by atoms with E-state index in [0.29, 0.717) is 17.2 Å². The Morgan fingerprint density at radius 1 is 1.03 bits per heavy atom.